The highest BCUT2D eigenvalue weighted by molar-refractivity contribution is 6.33. The SMILES string of the molecule is CCc1cccc(NC(=O)Cn2nnc(-c3ccccc3Cl)n2)c1. The van der Waals surface area contributed by atoms with E-state index in [2.05, 4.69) is 27.7 Å². The summed E-state index contributed by atoms with van der Waals surface area (Å²) < 4.78 is 0. The lowest BCUT2D eigenvalue weighted by Gasteiger charge is -2.06. The zero-order valence-electron chi connectivity index (χ0n) is 13.1. The third-order valence-electron chi connectivity index (χ3n) is 3.47. The minimum atomic E-state index is -0.216. The largest absolute Gasteiger partial charge is 0.324 e. The number of anilines is 1. The summed E-state index contributed by atoms with van der Waals surface area (Å²) in [6, 6.07) is 15.0. The van der Waals surface area contributed by atoms with Crippen LogP contribution in [-0.2, 0) is 17.8 Å². The monoisotopic (exact) mass is 341 g/mol. The van der Waals surface area contributed by atoms with E-state index in [1.165, 1.54) is 4.80 Å². The maximum atomic E-state index is 12.1. The van der Waals surface area contributed by atoms with Crippen molar-refractivity contribution in [2.45, 2.75) is 19.9 Å². The Balaban J connectivity index is 1.68. The number of aromatic nitrogens is 4. The molecular weight excluding hydrogens is 326 g/mol. The van der Waals surface area contributed by atoms with Gasteiger partial charge in [0.1, 0.15) is 6.54 Å². The molecule has 3 aromatic rings. The van der Waals surface area contributed by atoms with E-state index >= 15 is 0 Å². The molecule has 7 heteroatoms. The van der Waals surface area contributed by atoms with Crippen LogP contribution in [0.5, 0.6) is 0 Å². The first-order valence-electron chi connectivity index (χ1n) is 7.57. The van der Waals surface area contributed by atoms with Crippen molar-refractivity contribution in [1.82, 2.24) is 20.2 Å². The van der Waals surface area contributed by atoms with Gasteiger partial charge in [-0.05, 0) is 41.5 Å². The lowest BCUT2D eigenvalue weighted by Crippen LogP contribution is -2.20. The predicted molar refractivity (Wildman–Crippen MR) is 92.7 cm³/mol. The fourth-order valence-electron chi connectivity index (χ4n) is 2.26. The molecule has 122 valence electrons. The number of amides is 1. The van der Waals surface area contributed by atoms with Gasteiger partial charge >= 0.3 is 0 Å². The van der Waals surface area contributed by atoms with Crippen molar-refractivity contribution in [3.8, 4) is 11.4 Å². The van der Waals surface area contributed by atoms with Crippen molar-refractivity contribution in [2.24, 2.45) is 0 Å². The Hall–Kier alpha value is -2.73. The van der Waals surface area contributed by atoms with Gasteiger partial charge in [-0.2, -0.15) is 4.80 Å². The Morgan fingerprint density at radius 2 is 2.04 bits per heavy atom. The minimum absolute atomic E-state index is 0.0200. The van der Waals surface area contributed by atoms with Gasteiger partial charge in [0.15, 0.2) is 0 Å². The van der Waals surface area contributed by atoms with Gasteiger partial charge in [-0.3, -0.25) is 4.79 Å². The molecule has 0 saturated heterocycles. The molecule has 0 fully saturated rings. The zero-order valence-corrected chi connectivity index (χ0v) is 13.9. The topological polar surface area (TPSA) is 72.7 Å². The number of halogens is 1. The molecule has 1 heterocycles. The summed E-state index contributed by atoms with van der Waals surface area (Å²) in [7, 11) is 0. The van der Waals surface area contributed by atoms with Crippen LogP contribution in [0.15, 0.2) is 48.5 Å². The smallest absolute Gasteiger partial charge is 0.248 e. The molecule has 0 atom stereocenters. The second-order valence-corrected chi connectivity index (χ2v) is 5.63. The zero-order chi connectivity index (χ0) is 16.9. The fourth-order valence-corrected chi connectivity index (χ4v) is 2.48. The van der Waals surface area contributed by atoms with Crippen LogP contribution in [0.2, 0.25) is 5.02 Å². The Morgan fingerprint density at radius 1 is 1.21 bits per heavy atom. The maximum absolute atomic E-state index is 12.1. The molecule has 2 aromatic carbocycles. The van der Waals surface area contributed by atoms with Crippen molar-refractivity contribution in [1.29, 1.82) is 0 Å². The molecule has 1 aromatic heterocycles. The quantitative estimate of drug-likeness (QED) is 0.773. The second-order valence-electron chi connectivity index (χ2n) is 5.23. The van der Waals surface area contributed by atoms with Crippen LogP contribution in [-0.4, -0.2) is 26.1 Å². The normalized spacial score (nSPS) is 10.6. The first-order chi connectivity index (χ1) is 11.7. The summed E-state index contributed by atoms with van der Waals surface area (Å²) in [6.45, 7) is 2.05. The summed E-state index contributed by atoms with van der Waals surface area (Å²) in [4.78, 5) is 13.4. The highest BCUT2D eigenvalue weighted by Crippen LogP contribution is 2.23. The van der Waals surface area contributed by atoms with Gasteiger partial charge < -0.3 is 5.32 Å². The predicted octanol–water partition coefficient (Wildman–Crippen LogP) is 3.19. The average Bonchev–Trinajstić information content (AvgIpc) is 3.03. The number of hydrogen-bond donors (Lipinski definition) is 1. The van der Waals surface area contributed by atoms with Crippen LogP contribution < -0.4 is 5.32 Å². The molecule has 0 saturated carbocycles. The van der Waals surface area contributed by atoms with E-state index < -0.39 is 0 Å². The first-order valence-corrected chi connectivity index (χ1v) is 7.95. The summed E-state index contributed by atoms with van der Waals surface area (Å²) in [5.74, 6) is 0.174. The van der Waals surface area contributed by atoms with Crippen molar-refractivity contribution >= 4 is 23.2 Å². The van der Waals surface area contributed by atoms with E-state index in [4.69, 9.17) is 11.6 Å². The molecule has 0 aliphatic heterocycles. The summed E-state index contributed by atoms with van der Waals surface area (Å²) in [5, 5.41) is 15.4. The first kappa shape index (κ1) is 16.1. The molecule has 0 unspecified atom stereocenters. The van der Waals surface area contributed by atoms with Gasteiger partial charge in [0.25, 0.3) is 0 Å². The van der Waals surface area contributed by atoms with Crippen molar-refractivity contribution in [3.63, 3.8) is 0 Å². The Bertz CT molecular complexity index is 861. The number of aryl methyl sites for hydroxylation is 1. The highest BCUT2D eigenvalue weighted by atomic mass is 35.5. The van der Waals surface area contributed by atoms with E-state index in [0.29, 0.717) is 16.4 Å². The van der Waals surface area contributed by atoms with E-state index in [-0.39, 0.29) is 12.5 Å². The molecule has 24 heavy (non-hydrogen) atoms. The molecule has 0 bridgehead atoms. The number of carbonyl (C=O) groups excluding carboxylic acids is 1. The van der Waals surface area contributed by atoms with E-state index in [1.807, 2.05) is 36.4 Å². The van der Waals surface area contributed by atoms with E-state index in [0.717, 1.165) is 17.7 Å². The number of tetrazole rings is 1. The molecule has 6 nitrogen and oxygen atoms in total. The van der Waals surface area contributed by atoms with Gasteiger partial charge in [-0.25, -0.2) is 0 Å². The number of benzene rings is 2. The number of nitrogens with zero attached hydrogens (tertiary/aromatic N) is 4. The Morgan fingerprint density at radius 3 is 2.83 bits per heavy atom. The van der Waals surface area contributed by atoms with Crippen LogP contribution in [0.1, 0.15) is 12.5 Å². The van der Waals surface area contributed by atoms with E-state index in [9.17, 15) is 4.79 Å². The van der Waals surface area contributed by atoms with Crippen LogP contribution >= 0.6 is 11.6 Å². The summed E-state index contributed by atoms with van der Waals surface area (Å²) >= 11 is 6.11. The van der Waals surface area contributed by atoms with Crippen LogP contribution in [0.3, 0.4) is 0 Å². The van der Waals surface area contributed by atoms with Gasteiger partial charge in [0, 0.05) is 11.3 Å². The second kappa shape index (κ2) is 7.23. The Kier molecular flexibility index (Phi) is 4.86. The molecule has 1 N–H and O–H groups in total. The highest BCUT2D eigenvalue weighted by Gasteiger charge is 2.11. The van der Waals surface area contributed by atoms with Gasteiger partial charge in [0.2, 0.25) is 11.7 Å². The number of rotatable bonds is 5. The van der Waals surface area contributed by atoms with Gasteiger partial charge in [-0.1, -0.05) is 42.8 Å². The Labute approximate surface area is 144 Å². The molecular formula is C17H16ClN5O. The van der Waals surface area contributed by atoms with Crippen molar-refractivity contribution in [2.75, 3.05) is 5.32 Å². The molecule has 0 radical (unpaired) electrons. The number of carbonyl (C=O) groups is 1. The molecule has 0 aliphatic carbocycles. The molecule has 0 spiro atoms. The summed E-state index contributed by atoms with van der Waals surface area (Å²) in [6.07, 6.45) is 0.912. The molecule has 1 amide bonds. The third kappa shape index (κ3) is 3.78. The van der Waals surface area contributed by atoms with Crippen molar-refractivity contribution in [3.05, 3.63) is 59.1 Å². The van der Waals surface area contributed by atoms with Crippen molar-refractivity contribution < 1.29 is 4.79 Å². The van der Waals surface area contributed by atoms with Crippen LogP contribution in [0.4, 0.5) is 5.69 Å². The van der Waals surface area contributed by atoms with E-state index in [1.54, 1.807) is 12.1 Å². The third-order valence-corrected chi connectivity index (χ3v) is 3.80. The molecule has 0 aliphatic rings. The van der Waals surface area contributed by atoms with Crippen LogP contribution in [0.25, 0.3) is 11.4 Å². The lowest BCUT2D eigenvalue weighted by molar-refractivity contribution is -0.117. The number of hydrogen-bond acceptors (Lipinski definition) is 4. The minimum Gasteiger partial charge on any atom is -0.324 e. The van der Waals surface area contributed by atoms with Crippen LogP contribution in [0, 0.1) is 0 Å². The molecule has 3 rings (SSSR count). The maximum Gasteiger partial charge on any atom is 0.248 e. The van der Waals surface area contributed by atoms with Gasteiger partial charge in [-0.15, -0.1) is 10.2 Å². The standard InChI is InChI=1S/C17H16ClN5O/c1-2-12-6-5-7-13(10-12)19-16(24)11-23-21-17(20-22-23)14-8-3-4-9-15(14)18/h3-10H,2,11H2,1H3,(H,19,24). The fraction of sp³-hybridized carbons (Fsp3) is 0.176. The summed E-state index contributed by atoms with van der Waals surface area (Å²) in [5.41, 5.74) is 2.60. The average molecular weight is 342 g/mol. The lowest BCUT2D eigenvalue weighted by atomic mass is 10.1. The van der Waals surface area contributed by atoms with Gasteiger partial charge in [0.05, 0.1) is 5.02 Å². The number of nitrogens with one attached hydrogen (secondary N) is 1.